The number of anilines is 1. The molecule has 0 aliphatic carbocycles. The summed E-state index contributed by atoms with van der Waals surface area (Å²) in [6.07, 6.45) is -2.29. The summed E-state index contributed by atoms with van der Waals surface area (Å²) in [5.41, 5.74) is 3.17. The van der Waals surface area contributed by atoms with Crippen LogP contribution < -0.4 is 10.6 Å². The molecule has 196 valence electrons. The first-order valence-corrected chi connectivity index (χ1v) is 11.9. The van der Waals surface area contributed by atoms with E-state index < -0.39 is 23.6 Å². The van der Waals surface area contributed by atoms with Gasteiger partial charge in [0.05, 0.1) is 23.6 Å². The summed E-state index contributed by atoms with van der Waals surface area (Å²) in [5, 5.41) is 14.6. The number of hydrogen-bond acceptors (Lipinski definition) is 4. The fourth-order valence-corrected chi connectivity index (χ4v) is 3.99. The molecule has 1 atom stereocenters. The van der Waals surface area contributed by atoms with Crippen LogP contribution in [0.4, 0.5) is 19.0 Å². The molecule has 1 amide bonds. The van der Waals surface area contributed by atoms with Gasteiger partial charge in [-0.15, -0.1) is 0 Å². The van der Waals surface area contributed by atoms with Crippen LogP contribution >= 0.6 is 0 Å². The number of aliphatic carboxylic acids is 1. The van der Waals surface area contributed by atoms with Crippen LogP contribution in [0.25, 0.3) is 11.1 Å². The van der Waals surface area contributed by atoms with Gasteiger partial charge in [0, 0.05) is 12.7 Å². The van der Waals surface area contributed by atoms with Crippen LogP contribution in [0.15, 0.2) is 60.8 Å². The predicted molar refractivity (Wildman–Crippen MR) is 136 cm³/mol. The molecule has 0 fully saturated rings. The average Bonchev–Trinajstić information content (AvgIpc) is 2.83. The normalized spacial score (nSPS) is 12.3. The van der Waals surface area contributed by atoms with E-state index in [4.69, 9.17) is 5.11 Å². The number of nitrogens with zero attached hydrogens (tertiary/aromatic N) is 1. The monoisotopic (exact) mass is 513 g/mol. The van der Waals surface area contributed by atoms with Crippen LogP contribution in [0.5, 0.6) is 0 Å². The van der Waals surface area contributed by atoms with E-state index in [0.29, 0.717) is 22.9 Å². The lowest BCUT2D eigenvalue weighted by Gasteiger charge is -2.23. The molecular weight excluding hydrogens is 483 g/mol. The van der Waals surface area contributed by atoms with Crippen LogP contribution in [0, 0.1) is 12.8 Å². The third kappa shape index (κ3) is 7.80. The van der Waals surface area contributed by atoms with E-state index in [1.807, 2.05) is 25.1 Å². The standard InChI is InChI=1S/C28H30F3N3O3/c1-17(2)14-24(34-25-11-7-21(16-33-25)27(37)32-13-12-26(35)36)20-6-10-23(18(3)15-20)19-4-8-22(9-5-19)28(29,30)31/h4-11,15-17,24H,12-14H2,1-3H3,(H,32,37)(H,33,34)(H,35,36). The largest absolute Gasteiger partial charge is 0.481 e. The summed E-state index contributed by atoms with van der Waals surface area (Å²) in [4.78, 5) is 27.1. The molecule has 0 aliphatic rings. The fraction of sp³-hybridized carbons (Fsp3) is 0.321. The van der Waals surface area contributed by atoms with Gasteiger partial charge >= 0.3 is 12.1 Å². The van der Waals surface area contributed by atoms with Crippen molar-refractivity contribution in [2.45, 2.75) is 45.8 Å². The Morgan fingerprint density at radius 2 is 1.73 bits per heavy atom. The van der Waals surface area contributed by atoms with Crippen LogP contribution in [-0.2, 0) is 11.0 Å². The van der Waals surface area contributed by atoms with Crippen molar-refractivity contribution >= 4 is 17.7 Å². The van der Waals surface area contributed by atoms with E-state index in [1.165, 1.54) is 18.3 Å². The maximum atomic E-state index is 12.9. The molecule has 0 saturated carbocycles. The van der Waals surface area contributed by atoms with Crippen molar-refractivity contribution in [2.75, 3.05) is 11.9 Å². The number of carboxylic acid groups (broad SMARTS) is 1. The van der Waals surface area contributed by atoms with Crippen molar-refractivity contribution in [3.8, 4) is 11.1 Å². The molecule has 1 heterocycles. The predicted octanol–water partition coefficient (Wildman–Crippen LogP) is 6.48. The topological polar surface area (TPSA) is 91.3 Å². The summed E-state index contributed by atoms with van der Waals surface area (Å²) >= 11 is 0. The van der Waals surface area contributed by atoms with Gasteiger partial charge in [0.2, 0.25) is 0 Å². The van der Waals surface area contributed by atoms with Crippen LogP contribution in [0.1, 0.15) is 59.8 Å². The molecule has 6 nitrogen and oxygen atoms in total. The summed E-state index contributed by atoms with van der Waals surface area (Å²) in [6.45, 7) is 6.18. The molecular formula is C28H30F3N3O3. The maximum Gasteiger partial charge on any atom is 0.416 e. The molecule has 3 aromatic rings. The van der Waals surface area contributed by atoms with Crippen LogP contribution in [-0.4, -0.2) is 28.5 Å². The van der Waals surface area contributed by atoms with Gasteiger partial charge in [-0.1, -0.05) is 44.2 Å². The molecule has 0 radical (unpaired) electrons. The van der Waals surface area contributed by atoms with Gasteiger partial charge in [-0.3, -0.25) is 9.59 Å². The Morgan fingerprint density at radius 1 is 1.03 bits per heavy atom. The number of rotatable bonds is 10. The minimum Gasteiger partial charge on any atom is -0.481 e. The Hall–Kier alpha value is -3.88. The van der Waals surface area contributed by atoms with Crippen molar-refractivity contribution in [3.63, 3.8) is 0 Å². The van der Waals surface area contributed by atoms with Gasteiger partial charge in [0.25, 0.3) is 5.91 Å². The molecule has 0 spiro atoms. The number of nitrogens with one attached hydrogen (secondary N) is 2. The van der Waals surface area contributed by atoms with E-state index in [9.17, 15) is 22.8 Å². The van der Waals surface area contributed by atoms with Crippen molar-refractivity contribution < 1.29 is 27.9 Å². The molecule has 1 unspecified atom stereocenters. The van der Waals surface area contributed by atoms with Crippen molar-refractivity contribution in [3.05, 3.63) is 83.0 Å². The van der Waals surface area contributed by atoms with Gasteiger partial charge in [-0.05, 0) is 65.8 Å². The first-order chi connectivity index (χ1) is 17.4. The number of carbonyl (C=O) groups excluding carboxylic acids is 1. The Balaban J connectivity index is 1.76. The number of carboxylic acids is 1. The number of halogens is 3. The maximum absolute atomic E-state index is 12.9. The fourth-order valence-electron chi connectivity index (χ4n) is 3.99. The number of amides is 1. The summed E-state index contributed by atoms with van der Waals surface area (Å²) < 4.78 is 38.7. The van der Waals surface area contributed by atoms with E-state index in [0.717, 1.165) is 35.2 Å². The molecule has 0 saturated heterocycles. The SMILES string of the molecule is Cc1cc(C(CC(C)C)Nc2ccc(C(=O)NCCC(=O)O)cn2)ccc1-c1ccc(C(F)(F)F)cc1. The molecule has 3 N–H and O–H groups in total. The highest BCUT2D eigenvalue weighted by molar-refractivity contribution is 5.94. The highest BCUT2D eigenvalue weighted by atomic mass is 19.4. The molecule has 3 rings (SSSR count). The average molecular weight is 514 g/mol. The third-order valence-corrected chi connectivity index (χ3v) is 5.86. The lowest BCUT2D eigenvalue weighted by atomic mass is 9.92. The molecule has 1 aromatic heterocycles. The Labute approximate surface area is 213 Å². The van der Waals surface area contributed by atoms with Gasteiger partial charge in [0.1, 0.15) is 5.82 Å². The second kappa shape index (κ2) is 11.9. The Bertz CT molecular complexity index is 1220. The van der Waals surface area contributed by atoms with Crippen molar-refractivity contribution in [2.24, 2.45) is 5.92 Å². The second-order valence-electron chi connectivity index (χ2n) is 9.31. The smallest absolute Gasteiger partial charge is 0.416 e. The molecule has 0 aliphatic heterocycles. The van der Waals surface area contributed by atoms with Gasteiger partial charge < -0.3 is 15.7 Å². The first-order valence-electron chi connectivity index (χ1n) is 11.9. The number of aromatic nitrogens is 1. The van der Waals surface area contributed by atoms with E-state index in [-0.39, 0.29) is 19.0 Å². The van der Waals surface area contributed by atoms with Crippen molar-refractivity contribution in [1.82, 2.24) is 10.3 Å². The number of alkyl halides is 3. The van der Waals surface area contributed by atoms with Gasteiger partial charge in [0.15, 0.2) is 0 Å². The zero-order chi connectivity index (χ0) is 27.2. The summed E-state index contributed by atoms with van der Waals surface area (Å²) in [7, 11) is 0. The third-order valence-electron chi connectivity index (χ3n) is 5.86. The van der Waals surface area contributed by atoms with Gasteiger partial charge in [-0.25, -0.2) is 4.98 Å². The zero-order valence-corrected chi connectivity index (χ0v) is 20.9. The van der Waals surface area contributed by atoms with E-state index >= 15 is 0 Å². The van der Waals surface area contributed by atoms with Crippen LogP contribution in [0.2, 0.25) is 0 Å². The summed E-state index contributed by atoms with van der Waals surface area (Å²) in [6, 6.07) is 14.3. The lowest BCUT2D eigenvalue weighted by Crippen LogP contribution is -2.26. The van der Waals surface area contributed by atoms with Crippen molar-refractivity contribution in [1.29, 1.82) is 0 Å². The summed E-state index contributed by atoms with van der Waals surface area (Å²) in [5.74, 6) is -0.436. The highest BCUT2D eigenvalue weighted by Gasteiger charge is 2.30. The molecule has 37 heavy (non-hydrogen) atoms. The number of carbonyl (C=O) groups is 2. The second-order valence-corrected chi connectivity index (χ2v) is 9.31. The van der Waals surface area contributed by atoms with E-state index in [1.54, 1.807) is 12.1 Å². The number of aryl methyl sites for hydroxylation is 1. The molecule has 2 aromatic carbocycles. The minimum atomic E-state index is -4.37. The van der Waals surface area contributed by atoms with E-state index in [2.05, 4.69) is 29.5 Å². The van der Waals surface area contributed by atoms with Crippen LogP contribution in [0.3, 0.4) is 0 Å². The quantitative estimate of drug-likeness (QED) is 0.289. The Kier molecular flexibility index (Phi) is 8.91. The highest BCUT2D eigenvalue weighted by Crippen LogP contribution is 2.33. The number of pyridine rings is 1. The number of hydrogen-bond donors (Lipinski definition) is 3. The number of benzene rings is 2. The van der Waals surface area contributed by atoms with Gasteiger partial charge in [-0.2, -0.15) is 13.2 Å². The minimum absolute atomic E-state index is 0.0342. The molecule has 9 heteroatoms. The first kappa shape index (κ1) is 27.7. The molecule has 0 bridgehead atoms. The lowest BCUT2D eigenvalue weighted by molar-refractivity contribution is -0.138. The Morgan fingerprint density at radius 3 is 2.27 bits per heavy atom. The zero-order valence-electron chi connectivity index (χ0n) is 20.9.